The minimum atomic E-state index is 0.112. The Morgan fingerprint density at radius 1 is 1.18 bits per heavy atom. The summed E-state index contributed by atoms with van der Waals surface area (Å²) in [6.45, 7) is 1.91. The van der Waals surface area contributed by atoms with Gasteiger partial charge in [0.05, 0.1) is 7.11 Å². The predicted octanol–water partition coefficient (Wildman–Crippen LogP) is 3.82. The van der Waals surface area contributed by atoms with E-state index in [4.69, 9.17) is 16.3 Å². The summed E-state index contributed by atoms with van der Waals surface area (Å²) in [5, 5.41) is 19.3. The van der Waals surface area contributed by atoms with E-state index >= 15 is 0 Å². The lowest BCUT2D eigenvalue weighted by Crippen LogP contribution is -2.07. The minimum Gasteiger partial charge on any atom is -0.504 e. The van der Waals surface area contributed by atoms with E-state index in [1.165, 1.54) is 7.11 Å². The average Bonchev–Trinajstić information content (AvgIpc) is 2.64. The third kappa shape index (κ3) is 2.70. The number of rotatable bonds is 2. The number of hydrogen-bond donors (Lipinski definition) is 1. The lowest BCUT2D eigenvalue weighted by molar-refractivity contribution is 0.373. The van der Waals surface area contributed by atoms with Crippen LogP contribution in [0.3, 0.4) is 0 Å². The number of nitrogens with zero attached hydrogens (tertiary/aromatic N) is 2. The molecule has 0 bridgehead atoms. The molecule has 0 aliphatic carbocycles. The van der Waals surface area contributed by atoms with Crippen LogP contribution in [-0.2, 0) is 6.42 Å². The fourth-order valence-electron chi connectivity index (χ4n) is 2.49. The highest BCUT2D eigenvalue weighted by Gasteiger charge is 2.19. The fourth-order valence-corrected chi connectivity index (χ4v) is 2.68. The van der Waals surface area contributed by atoms with Crippen LogP contribution in [0.1, 0.15) is 23.6 Å². The van der Waals surface area contributed by atoms with Gasteiger partial charge in [0.25, 0.3) is 0 Å². The zero-order valence-corrected chi connectivity index (χ0v) is 13.1. The topological polar surface area (TPSA) is 54.2 Å². The lowest BCUT2D eigenvalue weighted by Gasteiger charge is -2.13. The molecule has 3 rings (SSSR count). The second-order valence-corrected chi connectivity index (χ2v) is 5.59. The molecular weight excluding hydrogens is 300 g/mol. The van der Waals surface area contributed by atoms with Gasteiger partial charge in [-0.25, -0.2) is 0 Å². The molecule has 112 valence electrons. The van der Waals surface area contributed by atoms with Crippen LogP contribution in [0.25, 0.3) is 0 Å². The quantitative estimate of drug-likeness (QED) is 0.916. The van der Waals surface area contributed by atoms with E-state index in [0.29, 0.717) is 22.9 Å². The fraction of sp³-hybridized carbons (Fsp3) is 0.176. The van der Waals surface area contributed by atoms with E-state index in [0.717, 1.165) is 22.4 Å². The molecule has 2 aromatic carbocycles. The van der Waals surface area contributed by atoms with Crippen molar-refractivity contribution in [3.63, 3.8) is 0 Å². The first-order valence-corrected chi connectivity index (χ1v) is 7.23. The van der Waals surface area contributed by atoms with E-state index in [-0.39, 0.29) is 5.75 Å². The maximum Gasteiger partial charge on any atom is 0.161 e. The molecule has 1 aliphatic rings. The molecule has 1 N–H and O–H groups in total. The Morgan fingerprint density at radius 3 is 2.73 bits per heavy atom. The molecule has 0 amide bonds. The minimum absolute atomic E-state index is 0.112. The summed E-state index contributed by atoms with van der Waals surface area (Å²) in [4.78, 5) is 0. The molecule has 1 aliphatic heterocycles. The van der Waals surface area contributed by atoms with E-state index in [1.54, 1.807) is 12.1 Å². The monoisotopic (exact) mass is 314 g/mol. The Balaban J connectivity index is 2.23. The number of halogens is 1. The van der Waals surface area contributed by atoms with E-state index in [1.807, 2.05) is 31.2 Å². The van der Waals surface area contributed by atoms with Crippen LogP contribution in [0, 0.1) is 0 Å². The van der Waals surface area contributed by atoms with Gasteiger partial charge in [0.15, 0.2) is 11.5 Å². The molecule has 0 atom stereocenters. The first-order chi connectivity index (χ1) is 10.6. The molecule has 0 fully saturated rings. The maximum atomic E-state index is 10.0. The summed E-state index contributed by atoms with van der Waals surface area (Å²) in [6.07, 6.45) is 0.625. The number of fused-ring (bicyclic) bond motifs is 1. The molecule has 22 heavy (non-hydrogen) atoms. The summed E-state index contributed by atoms with van der Waals surface area (Å²) in [6, 6.07) is 11.0. The number of aromatic hydroxyl groups is 1. The van der Waals surface area contributed by atoms with Gasteiger partial charge in [-0.3, -0.25) is 0 Å². The summed E-state index contributed by atoms with van der Waals surface area (Å²) >= 11 is 6.09. The highest BCUT2D eigenvalue weighted by Crippen LogP contribution is 2.32. The molecular formula is C17H15ClN2O2. The average molecular weight is 315 g/mol. The van der Waals surface area contributed by atoms with Crippen molar-refractivity contribution < 1.29 is 9.84 Å². The van der Waals surface area contributed by atoms with Crippen molar-refractivity contribution in [2.75, 3.05) is 7.11 Å². The number of phenolic OH excluding ortho intramolecular Hbond substituents is 1. The van der Waals surface area contributed by atoms with Crippen LogP contribution in [0.2, 0.25) is 5.02 Å². The maximum absolute atomic E-state index is 10.0. The van der Waals surface area contributed by atoms with Gasteiger partial charge in [0.1, 0.15) is 5.71 Å². The third-order valence-electron chi connectivity index (χ3n) is 3.52. The standard InChI is InChI=1S/C17H15ClN2O2/c1-10-6-12-8-15(21)16(22-2)9-14(12)17(20-19-10)11-4-3-5-13(18)7-11/h3-5,7-9,21H,6H2,1-2H3. The Morgan fingerprint density at radius 2 is 2.00 bits per heavy atom. The van der Waals surface area contributed by atoms with Gasteiger partial charge in [-0.05, 0) is 36.8 Å². The second kappa shape index (κ2) is 5.81. The number of benzene rings is 2. The van der Waals surface area contributed by atoms with E-state index in [2.05, 4.69) is 10.2 Å². The van der Waals surface area contributed by atoms with Crippen molar-refractivity contribution >= 4 is 23.0 Å². The Bertz CT molecular complexity index is 797. The lowest BCUT2D eigenvalue weighted by atomic mass is 9.94. The molecule has 2 aromatic rings. The van der Waals surface area contributed by atoms with Crippen LogP contribution in [0.5, 0.6) is 11.5 Å². The Hall–Kier alpha value is -2.33. The highest BCUT2D eigenvalue weighted by atomic mass is 35.5. The largest absolute Gasteiger partial charge is 0.504 e. The van der Waals surface area contributed by atoms with Crippen molar-refractivity contribution in [1.82, 2.24) is 0 Å². The molecule has 0 saturated heterocycles. The zero-order chi connectivity index (χ0) is 15.7. The van der Waals surface area contributed by atoms with Crippen molar-refractivity contribution in [3.05, 3.63) is 58.1 Å². The van der Waals surface area contributed by atoms with Gasteiger partial charge >= 0.3 is 0 Å². The van der Waals surface area contributed by atoms with Crippen LogP contribution in [0.15, 0.2) is 46.6 Å². The molecule has 4 nitrogen and oxygen atoms in total. The van der Waals surface area contributed by atoms with Crippen molar-refractivity contribution in [3.8, 4) is 11.5 Å². The second-order valence-electron chi connectivity index (χ2n) is 5.15. The number of hydrogen-bond acceptors (Lipinski definition) is 4. The smallest absolute Gasteiger partial charge is 0.161 e. The molecule has 0 saturated carbocycles. The Kier molecular flexibility index (Phi) is 3.86. The van der Waals surface area contributed by atoms with Crippen LogP contribution in [-0.4, -0.2) is 23.6 Å². The summed E-state index contributed by atoms with van der Waals surface area (Å²) < 4.78 is 5.22. The van der Waals surface area contributed by atoms with Gasteiger partial charge in [0, 0.05) is 28.3 Å². The van der Waals surface area contributed by atoms with Gasteiger partial charge in [0.2, 0.25) is 0 Å². The highest BCUT2D eigenvalue weighted by molar-refractivity contribution is 6.31. The normalized spacial score (nSPS) is 13.8. The van der Waals surface area contributed by atoms with Gasteiger partial charge in [-0.1, -0.05) is 23.7 Å². The molecule has 0 radical (unpaired) electrons. The zero-order valence-electron chi connectivity index (χ0n) is 12.3. The van der Waals surface area contributed by atoms with E-state index in [9.17, 15) is 5.11 Å². The Labute approximate surface area is 133 Å². The SMILES string of the molecule is COc1cc2c(cc1O)CC(C)=NN=C2c1cccc(Cl)c1. The van der Waals surface area contributed by atoms with Crippen molar-refractivity contribution in [2.45, 2.75) is 13.3 Å². The van der Waals surface area contributed by atoms with Gasteiger partial charge < -0.3 is 9.84 Å². The van der Waals surface area contributed by atoms with Crippen LogP contribution >= 0.6 is 11.6 Å². The number of methoxy groups -OCH3 is 1. The van der Waals surface area contributed by atoms with Crippen molar-refractivity contribution in [1.29, 1.82) is 0 Å². The first kappa shape index (κ1) is 14.6. The van der Waals surface area contributed by atoms with Crippen LogP contribution in [0.4, 0.5) is 0 Å². The molecule has 0 unspecified atom stereocenters. The summed E-state index contributed by atoms with van der Waals surface area (Å²) in [5.41, 5.74) is 4.31. The molecule has 1 heterocycles. The predicted molar refractivity (Wildman–Crippen MR) is 88.6 cm³/mol. The van der Waals surface area contributed by atoms with Gasteiger partial charge in [-0.15, -0.1) is 5.10 Å². The molecule has 5 heteroatoms. The van der Waals surface area contributed by atoms with Crippen molar-refractivity contribution in [2.24, 2.45) is 10.2 Å². The first-order valence-electron chi connectivity index (χ1n) is 6.86. The third-order valence-corrected chi connectivity index (χ3v) is 3.76. The number of phenols is 1. The van der Waals surface area contributed by atoms with Crippen LogP contribution < -0.4 is 4.74 Å². The number of ether oxygens (including phenoxy) is 1. The summed E-state index contributed by atoms with van der Waals surface area (Å²) in [5.74, 6) is 0.523. The van der Waals surface area contributed by atoms with E-state index < -0.39 is 0 Å². The molecule has 0 spiro atoms. The summed E-state index contributed by atoms with van der Waals surface area (Å²) in [7, 11) is 1.52. The van der Waals surface area contributed by atoms with Gasteiger partial charge in [-0.2, -0.15) is 5.10 Å². The molecule has 0 aromatic heterocycles.